The lowest BCUT2D eigenvalue weighted by atomic mass is 9.95. The first-order chi connectivity index (χ1) is 7.51. The van der Waals surface area contributed by atoms with Crippen LogP contribution in [0.5, 0.6) is 0 Å². The summed E-state index contributed by atoms with van der Waals surface area (Å²) in [5.74, 6) is 0.0389. The Morgan fingerprint density at radius 3 is 2.19 bits per heavy atom. The van der Waals surface area contributed by atoms with Crippen LogP contribution in [-0.2, 0) is 11.2 Å². The molecule has 1 aromatic rings. The molecule has 0 spiro atoms. The van der Waals surface area contributed by atoms with Crippen molar-refractivity contribution in [2.24, 2.45) is 0 Å². The maximum atomic E-state index is 12.1. The second-order valence-electron chi connectivity index (χ2n) is 4.32. The summed E-state index contributed by atoms with van der Waals surface area (Å²) in [7, 11) is 0. The van der Waals surface area contributed by atoms with Gasteiger partial charge in [0.2, 0.25) is 0 Å². The Balaban J connectivity index is 2.87. The number of Topliss-reactive ketones (excluding diaryl/α,β-unsaturated/α-hetero) is 1. The number of hydrogen-bond donors (Lipinski definition) is 0. The number of ketones is 1. The van der Waals surface area contributed by atoms with Crippen molar-refractivity contribution in [2.45, 2.75) is 39.7 Å². The molecular formula is C14H20O2. The van der Waals surface area contributed by atoms with Gasteiger partial charge in [0.25, 0.3) is 0 Å². The van der Waals surface area contributed by atoms with Gasteiger partial charge in [-0.05, 0) is 32.8 Å². The van der Waals surface area contributed by atoms with Crippen LogP contribution in [0.25, 0.3) is 0 Å². The van der Waals surface area contributed by atoms with Crippen molar-refractivity contribution >= 4 is 5.78 Å². The highest BCUT2D eigenvalue weighted by atomic mass is 16.5. The van der Waals surface area contributed by atoms with Gasteiger partial charge in [-0.1, -0.05) is 31.2 Å². The third-order valence-electron chi connectivity index (χ3n) is 2.68. The normalized spacial score (nSPS) is 11.5. The Kier molecular flexibility index (Phi) is 4.25. The topological polar surface area (TPSA) is 26.3 Å². The molecule has 0 aliphatic carbocycles. The van der Waals surface area contributed by atoms with E-state index in [1.165, 1.54) is 5.56 Å². The summed E-state index contributed by atoms with van der Waals surface area (Å²) in [4.78, 5) is 12.1. The molecule has 0 atom stereocenters. The van der Waals surface area contributed by atoms with E-state index in [2.05, 4.69) is 6.92 Å². The predicted octanol–water partition coefficient (Wildman–Crippen LogP) is 3.25. The van der Waals surface area contributed by atoms with Crippen molar-refractivity contribution in [1.29, 1.82) is 0 Å². The van der Waals surface area contributed by atoms with Crippen LogP contribution in [0.4, 0.5) is 0 Å². The molecule has 0 radical (unpaired) electrons. The fraction of sp³-hybridized carbons (Fsp3) is 0.500. The first-order valence-corrected chi connectivity index (χ1v) is 5.79. The Bertz CT molecular complexity index is 350. The fourth-order valence-electron chi connectivity index (χ4n) is 1.67. The molecule has 0 aromatic heterocycles. The molecule has 0 fully saturated rings. The number of carbonyl (C=O) groups excluding carboxylic acids is 1. The zero-order valence-corrected chi connectivity index (χ0v) is 10.5. The maximum absolute atomic E-state index is 12.1. The molecule has 0 saturated carbocycles. The highest BCUT2D eigenvalue weighted by molar-refractivity contribution is 6.01. The number of carbonyl (C=O) groups is 1. The molecule has 0 bridgehead atoms. The number of aryl methyl sites for hydroxylation is 1. The van der Waals surface area contributed by atoms with Gasteiger partial charge in [-0.3, -0.25) is 4.79 Å². The molecule has 0 N–H and O–H groups in total. The number of benzene rings is 1. The first-order valence-electron chi connectivity index (χ1n) is 5.79. The van der Waals surface area contributed by atoms with Crippen LogP contribution < -0.4 is 0 Å². The van der Waals surface area contributed by atoms with Crippen LogP contribution in [0.2, 0.25) is 0 Å². The van der Waals surface area contributed by atoms with Crippen molar-refractivity contribution in [3.8, 4) is 0 Å². The van der Waals surface area contributed by atoms with Crippen LogP contribution in [0.3, 0.4) is 0 Å². The molecule has 88 valence electrons. The lowest BCUT2D eigenvalue weighted by Crippen LogP contribution is -2.35. The minimum absolute atomic E-state index is 0.0389. The predicted molar refractivity (Wildman–Crippen MR) is 65.9 cm³/mol. The molecule has 0 saturated heterocycles. The van der Waals surface area contributed by atoms with Gasteiger partial charge in [0.1, 0.15) is 5.60 Å². The average molecular weight is 220 g/mol. The van der Waals surface area contributed by atoms with Crippen molar-refractivity contribution in [3.63, 3.8) is 0 Å². The SMILES string of the molecule is CCOC(C)(C)C(=O)c1ccc(CC)cc1. The van der Waals surface area contributed by atoms with E-state index in [-0.39, 0.29) is 5.78 Å². The van der Waals surface area contributed by atoms with Crippen molar-refractivity contribution in [1.82, 2.24) is 0 Å². The molecule has 0 heterocycles. The summed E-state index contributed by atoms with van der Waals surface area (Å²) < 4.78 is 5.45. The van der Waals surface area contributed by atoms with Gasteiger partial charge in [-0.25, -0.2) is 0 Å². The van der Waals surface area contributed by atoms with Crippen LogP contribution in [0.15, 0.2) is 24.3 Å². The third kappa shape index (κ3) is 2.92. The second kappa shape index (κ2) is 5.26. The smallest absolute Gasteiger partial charge is 0.194 e. The zero-order chi connectivity index (χ0) is 12.2. The van der Waals surface area contributed by atoms with Gasteiger partial charge >= 0.3 is 0 Å². The summed E-state index contributed by atoms with van der Waals surface area (Å²) in [6, 6.07) is 7.74. The number of ether oxygens (including phenoxy) is 1. The quantitative estimate of drug-likeness (QED) is 0.712. The van der Waals surface area contributed by atoms with Gasteiger partial charge in [0.05, 0.1) is 0 Å². The van der Waals surface area contributed by atoms with Crippen LogP contribution in [-0.4, -0.2) is 18.0 Å². The average Bonchev–Trinajstić information content (AvgIpc) is 2.28. The molecule has 0 unspecified atom stereocenters. The van der Waals surface area contributed by atoms with E-state index in [0.717, 1.165) is 12.0 Å². The van der Waals surface area contributed by atoms with E-state index in [4.69, 9.17) is 4.74 Å². The van der Waals surface area contributed by atoms with Crippen molar-refractivity contribution < 1.29 is 9.53 Å². The number of rotatable bonds is 5. The Morgan fingerprint density at radius 1 is 1.19 bits per heavy atom. The van der Waals surface area contributed by atoms with Gasteiger partial charge in [-0.15, -0.1) is 0 Å². The Morgan fingerprint density at radius 2 is 1.75 bits per heavy atom. The molecule has 0 aliphatic rings. The third-order valence-corrected chi connectivity index (χ3v) is 2.68. The van der Waals surface area contributed by atoms with Gasteiger partial charge in [0, 0.05) is 12.2 Å². The molecular weight excluding hydrogens is 200 g/mol. The maximum Gasteiger partial charge on any atom is 0.194 e. The van der Waals surface area contributed by atoms with E-state index in [9.17, 15) is 4.79 Å². The molecule has 1 rings (SSSR count). The first kappa shape index (κ1) is 12.9. The van der Waals surface area contributed by atoms with Crippen molar-refractivity contribution in [2.75, 3.05) is 6.61 Å². The standard InChI is InChI=1S/C14H20O2/c1-5-11-7-9-12(10-8-11)13(15)14(3,4)16-6-2/h7-10H,5-6H2,1-4H3. The summed E-state index contributed by atoms with van der Waals surface area (Å²) in [5.41, 5.74) is 1.23. The lowest BCUT2D eigenvalue weighted by molar-refractivity contribution is 0.00126. The van der Waals surface area contributed by atoms with E-state index >= 15 is 0 Å². The molecule has 2 heteroatoms. The van der Waals surface area contributed by atoms with E-state index in [1.807, 2.05) is 45.0 Å². The van der Waals surface area contributed by atoms with E-state index < -0.39 is 5.60 Å². The molecule has 2 nitrogen and oxygen atoms in total. The second-order valence-corrected chi connectivity index (χ2v) is 4.32. The number of hydrogen-bond acceptors (Lipinski definition) is 2. The van der Waals surface area contributed by atoms with Gasteiger partial charge in [-0.2, -0.15) is 0 Å². The summed E-state index contributed by atoms with van der Waals surface area (Å²) in [6.07, 6.45) is 0.989. The highest BCUT2D eigenvalue weighted by Gasteiger charge is 2.28. The van der Waals surface area contributed by atoms with Crippen LogP contribution in [0.1, 0.15) is 43.6 Å². The largest absolute Gasteiger partial charge is 0.368 e. The highest BCUT2D eigenvalue weighted by Crippen LogP contribution is 2.17. The van der Waals surface area contributed by atoms with Crippen LogP contribution in [0, 0.1) is 0 Å². The zero-order valence-electron chi connectivity index (χ0n) is 10.5. The summed E-state index contributed by atoms with van der Waals surface area (Å²) >= 11 is 0. The molecule has 0 aliphatic heterocycles. The van der Waals surface area contributed by atoms with Gasteiger partial charge < -0.3 is 4.74 Å². The summed E-state index contributed by atoms with van der Waals surface area (Å²) in [5, 5.41) is 0. The lowest BCUT2D eigenvalue weighted by Gasteiger charge is -2.23. The minimum Gasteiger partial charge on any atom is -0.368 e. The van der Waals surface area contributed by atoms with Crippen LogP contribution >= 0.6 is 0 Å². The summed E-state index contributed by atoms with van der Waals surface area (Å²) in [6.45, 7) is 8.17. The Hall–Kier alpha value is -1.15. The van der Waals surface area contributed by atoms with E-state index in [0.29, 0.717) is 6.61 Å². The molecule has 1 aromatic carbocycles. The molecule has 16 heavy (non-hydrogen) atoms. The van der Waals surface area contributed by atoms with Gasteiger partial charge in [0.15, 0.2) is 5.78 Å². The minimum atomic E-state index is -0.734. The monoisotopic (exact) mass is 220 g/mol. The fourth-order valence-corrected chi connectivity index (χ4v) is 1.67. The Labute approximate surface area is 97.6 Å². The van der Waals surface area contributed by atoms with Crippen molar-refractivity contribution in [3.05, 3.63) is 35.4 Å². The van der Waals surface area contributed by atoms with E-state index in [1.54, 1.807) is 0 Å². The molecule has 0 amide bonds.